The minimum atomic E-state index is -0.623. The number of nitrogens with zero attached hydrogens (tertiary/aromatic N) is 1. The van der Waals surface area contributed by atoms with Gasteiger partial charge in [-0.05, 0) is 44.4 Å². The molecule has 1 aromatic carbocycles. The number of hydrogen-bond acceptors (Lipinski definition) is 3. The van der Waals surface area contributed by atoms with Crippen LogP contribution >= 0.6 is 0 Å². The molecule has 4 heteroatoms. The monoisotopic (exact) mass is 280 g/mol. The first kappa shape index (κ1) is 15.3. The Kier molecular flexibility index (Phi) is 5.00. The van der Waals surface area contributed by atoms with Crippen molar-refractivity contribution in [2.24, 2.45) is 0 Å². The van der Waals surface area contributed by atoms with E-state index in [0.29, 0.717) is 25.2 Å². The third kappa shape index (κ3) is 3.70. The van der Waals surface area contributed by atoms with Crippen LogP contribution < -0.4 is 10.2 Å². The van der Waals surface area contributed by atoms with E-state index in [0.717, 1.165) is 31.5 Å². The molecule has 2 N–H and O–H groups in total. The summed E-state index contributed by atoms with van der Waals surface area (Å²) in [5, 5.41) is 13.4. The van der Waals surface area contributed by atoms with Gasteiger partial charge >= 0.3 is 0 Å². The van der Waals surface area contributed by atoms with Crippen LogP contribution in [0.1, 0.15) is 38.7 Å². The fraction of sp³-hybridized carbons (Fsp3) is 0.625. The van der Waals surface area contributed by atoms with Crippen molar-refractivity contribution in [3.63, 3.8) is 0 Å². The van der Waals surface area contributed by atoms with Crippen LogP contribution in [0.2, 0.25) is 0 Å². The standard InChI is InChI=1S/C16H25FN2O/c1-3-18-12-13-6-4-7-14(17)15(13)19-10-5-8-16(2,20)9-11-19/h4,6-7,18,20H,3,5,8-12H2,1-2H3. The maximum Gasteiger partial charge on any atom is 0.146 e. The largest absolute Gasteiger partial charge is 0.390 e. The molecule has 1 aliphatic rings. The van der Waals surface area contributed by atoms with Crippen molar-refractivity contribution < 1.29 is 9.50 Å². The van der Waals surface area contributed by atoms with Gasteiger partial charge in [0.05, 0.1) is 11.3 Å². The molecule has 0 aromatic heterocycles. The highest BCUT2D eigenvalue weighted by Crippen LogP contribution is 2.29. The summed E-state index contributed by atoms with van der Waals surface area (Å²) in [4.78, 5) is 2.09. The normalized spacial score (nSPS) is 23.7. The van der Waals surface area contributed by atoms with Crippen LogP contribution in [-0.2, 0) is 6.54 Å². The summed E-state index contributed by atoms with van der Waals surface area (Å²) in [6, 6.07) is 5.26. The van der Waals surface area contributed by atoms with Crippen molar-refractivity contribution in [3.05, 3.63) is 29.6 Å². The molecule has 0 saturated carbocycles. The summed E-state index contributed by atoms with van der Waals surface area (Å²) in [6.07, 6.45) is 2.35. The summed E-state index contributed by atoms with van der Waals surface area (Å²) in [5.74, 6) is -0.165. The second-order valence-corrected chi connectivity index (χ2v) is 5.87. The van der Waals surface area contributed by atoms with Crippen molar-refractivity contribution in [1.82, 2.24) is 5.32 Å². The Bertz CT molecular complexity index is 448. The van der Waals surface area contributed by atoms with Gasteiger partial charge in [0, 0.05) is 19.6 Å². The maximum atomic E-state index is 14.3. The number of nitrogens with one attached hydrogen (secondary N) is 1. The van der Waals surface area contributed by atoms with Crippen LogP contribution in [0.4, 0.5) is 10.1 Å². The van der Waals surface area contributed by atoms with Gasteiger partial charge in [0.25, 0.3) is 0 Å². The summed E-state index contributed by atoms with van der Waals surface area (Å²) in [5.41, 5.74) is 1.07. The van der Waals surface area contributed by atoms with Gasteiger partial charge in [-0.15, -0.1) is 0 Å². The zero-order valence-corrected chi connectivity index (χ0v) is 12.5. The Labute approximate surface area is 120 Å². The van der Waals surface area contributed by atoms with E-state index in [1.165, 1.54) is 6.07 Å². The molecule has 1 heterocycles. The van der Waals surface area contributed by atoms with Crippen molar-refractivity contribution in [2.45, 2.75) is 45.3 Å². The molecule has 1 aromatic rings. The van der Waals surface area contributed by atoms with Gasteiger partial charge in [0.2, 0.25) is 0 Å². The average Bonchev–Trinajstić information content (AvgIpc) is 2.57. The van der Waals surface area contributed by atoms with E-state index in [1.807, 2.05) is 19.9 Å². The molecule has 1 atom stereocenters. The third-order valence-electron chi connectivity index (χ3n) is 4.02. The Morgan fingerprint density at radius 2 is 2.15 bits per heavy atom. The van der Waals surface area contributed by atoms with Gasteiger partial charge in [0.15, 0.2) is 0 Å². The molecular formula is C16H25FN2O. The number of hydrogen-bond donors (Lipinski definition) is 2. The number of benzene rings is 1. The second kappa shape index (κ2) is 6.55. The van der Waals surface area contributed by atoms with E-state index < -0.39 is 5.60 Å². The molecule has 0 spiro atoms. The lowest BCUT2D eigenvalue weighted by Crippen LogP contribution is -2.30. The fourth-order valence-corrected chi connectivity index (χ4v) is 2.80. The summed E-state index contributed by atoms with van der Waals surface area (Å²) >= 11 is 0. The predicted molar refractivity (Wildman–Crippen MR) is 80.5 cm³/mol. The Hall–Kier alpha value is -1.13. The molecule has 112 valence electrons. The van der Waals surface area contributed by atoms with Crippen molar-refractivity contribution in [3.8, 4) is 0 Å². The van der Waals surface area contributed by atoms with Crippen molar-refractivity contribution >= 4 is 5.69 Å². The number of halogens is 1. The first-order valence-electron chi connectivity index (χ1n) is 7.49. The fourth-order valence-electron chi connectivity index (χ4n) is 2.80. The number of para-hydroxylation sites is 1. The third-order valence-corrected chi connectivity index (χ3v) is 4.02. The van der Waals surface area contributed by atoms with Gasteiger partial charge in [-0.25, -0.2) is 4.39 Å². The summed E-state index contributed by atoms with van der Waals surface area (Å²) in [6.45, 7) is 6.96. The van der Waals surface area contributed by atoms with E-state index in [2.05, 4.69) is 10.2 Å². The minimum absolute atomic E-state index is 0.165. The van der Waals surface area contributed by atoms with E-state index >= 15 is 0 Å². The molecule has 1 unspecified atom stereocenters. The lowest BCUT2D eigenvalue weighted by atomic mass is 9.98. The molecule has 0 aliphatic carbocycles. The topological polar surface area (TPSA) is 35.5 Å². The van der Waals surface area contributed by atoms with Crippen LogP contribution in [0.3, 0.4) is 0 Å². The zero-order valence-electron chi connectivity index (χ0n) is 12.5. The first-order valence-corrected chi connectivity index (χ1v) is 7.49. The lowest BCUT2D eigenvalue weighted by Gasteiger charge is -2.27. The minimum Gasteiger partial charge on any atom is -0.390 e. The van der Waals surface area contributed by atoms with Crippen LogP contribution in [0.25, 0.3) is 0 Å². The van der Waals surface area contributed by atoms with Gasteiger partial charge in [0.1, 0.15) is 5.82 Å². The Morgan fingerprint density at radius 1 is 1.35 bits per heavy atom. The first-order chi connectivity index (χ1) is 9.53. The van der Waals surface area contributed by atoms with Crippen LogP contribution in [0.5, 0.6) is 0 Å². The molecule has 1 saturated heterocycles. The molecule has 0 bridgehead atoms. The van der Waals surface area contributed by atoms with Crippen LogP contribution in [0.15, 0.2) is 18.2 Å². The van der Waals surface area contributed by atoms with E-state index in [9.17, 15) is 9.50 Å². The summed E-state index contributed by atoms with van der Waals surface area (Å²) in [7, 11) is 0. The molecule has 2 rings (SSSR count). The molecule has 1 aliphatic heterocycles. The quantitative estimate of drug-likeness (QED) is 0.890. The number of rotatable bonds is 4. The summed E-state index contributed by atoms with van der Waals surface area (Å²) < 4.78 is 14.3. The SMILES string of the molecule is CCNCc1cccc(F)c1N1CCCC(C)(O)CC1. The zero-order chi connectivity index (χ0) is 14.6. The smallest absolute Gasteiger partial charge is 0.146 e. The van der Waals surface area contributed by atoms with Crippen LogP contribution in [0, 0.1) is 5.82 Å². The molecule has 3 nitrogen and oxygen atoms in total. The van der Waals surface area contributed by atoms with Crippen molar-refractivity contribution in [2.75, 3.05) is 24.5 Å². The highest BCUT2D eigenvalue weighted by molar-refractivity contribution is 5.55. The predicted octanol–water partition coefficient (Wildman–Crippen LogP) is 2.68. The second-order valence-electron chi connectivity index (χ2n) is 5.87. The number of aliphatic hydroxyl groups is 1. The van der Waals surface area contributed by atoms with E-state index in [1.54, 1.807) is 6.07 Å². The van der Waals surface area contributed by atoms with E-state index in [4.69, 9.17) is 0 Å². The molecular weight excluding hydrogens is 255 g/mol. The number of anilines is 1. The van der Waals surface area contributed by atoms with Crippen LogP contribution in [-0.4, -0.2) is 30.3 Å². The molecule has 1 fully saturated rings. The Balaban J connectivity index is 2.22. The Morgan fingerprint density at radius 3 is 2.90 bits per heavy atom. The molecule has 0 amide bonds. The average molecular weight is 280 g/mol. The van der Waals surface area contributed by atoms with Gasteiger partial charge < -0.3 is 15.3 Å². The van der Waals surface area contributed by atoms with Crippen molar-refractivity contribution in [1.29, 1.82) is 0 Å². The lowest BCUT2D eigenvalue weighted by molar-refractivity contribution is 0.0481. The molecule has 20 heavy (non-hydrogen) atoms. The van der Waals surface area contributed by atoms with Gasteiger partial charge in [-0.1, -0.05) is 19.1 Å². The molecule has 0 radical (unpaired) electrons. The van der Waals surface area contributed by atoms with Gasteiger partial charge in [-0.3, -0.25) is 0 Å². The highest BCUT2D eigenvalue weighted by atomic mass is 19.1. The highest BCUT2D eigenvalue weighted by Gasteiger charge is 2.26. The van der Waals surface area contributed by atoms with E-state index in [-0.39, 0.29) is 5.82 Å². The van der Waals surface area contributed by atoms with Gasteiger partial charge in [-0.2, -0.15) is 0 Å². The maximum absolute atomic E-state index is 14.3.